The molecule has 5 heterocycles. The van der Waals surface area contributed by atoms with Crippen LogP contribution < -0.4 is 15.0 Å². The Bertz CT molecular complexity index is 1180. The van der Waals surface area contributed by atoms with Crippen LogP contribution in [0.25, 0.3) is 10.9 Å². The van der Waals surface area contributed by atoms with E-state index >= 15 is 0 Å². The number of H-pyrrole nitrogens is 1. The molecule has 0 spiro atoms. The van der Waals surface area contributed by atoms with Gasteiger partial charge in [-0.25, -0.2) is 4.68 Å². The first kappa shape index (κ1) is 19.6. The Hall–Kier alpha value is -3.02. The van der Waals surface area contributed by atoms with Crippen LogP contribution in [-0.2, 0) is 16.0 Å². The molecule has 6 rings (SSSR count). The van der Waals surface area contributed by atoms with Gasteiger partial charge in [0.05, 0.1) is 31.4 Å². The van der Waals surface area contributed by atoms with Crippen LogP contribution in [0.5, 0.6) is 11.5 Å². The number of ether oxygens (including phenoxy) is 4. The summed E-state index contributed by atoms with van der Waals surface area (Å²) in [5.41, 5.74) is 1.10. The summed E-state index contributed by atoms with van der Waals surface area (Å²) < 4.78 is 24.1. The minimum atomic E-state index is -0.408. The maximum Gasteiger partial charge on any atom is 0.253 e. The minimum Gasteiger partial charge on any atom is -0.454 e. The van der Waals surface area contributed by atoms with Crippen LogP contribution in [0.1, 0.15) is 30.3 Å². The molecule has 3 aliphatic rings. The molecule has 0 aliphatic carbocycles. The van der Waals surface area contributed by atoms with Gasteiger partial charge in [0.1, 0.15) is 6.04 Å². The van der Waals surface area contributed by atoms with Crippen molar-refractivity contribution in [3.05, 3.63) is 39.9 Å². The van der Waals surface area contributed by atoms with E-state index in [-0.39, 0.29) is 18.5 Å². The van der Waals surface area contributed by atoms with Gasteiger partial charge >= 0.3 is 0 Å². The van der Waals surface area contributed by atoms with Crippen LogP contribution in [0.15, 0.2) is 23.0 Å². The summed E-state index contributed by atoms with van der Waals surface area (Å²) in [6, 6.07) is 5.19. The topological polar surface area (TPSA) is 117 Å². The van der Waals surface area contributed by atoms with Crippen LogP contribution >= 0.6 is 0 Å². The van der Waals surface area contributed by atoms with E-state index in [9.17, 15) is 4.79 Å². The molecule has 3 aromatic rings. The molecule has 168 valence electrons. The standard InChI is InChI=1S/C21H24N6O5/c28-21-15(8-13-9-17-18(32-12-31-17)10-16(13)22-21)19(26-3-6-29-7-4-26)20-23-24-25-27(20)11-14-2-1-5-30-14/h8-10,14,19H,1-7,11-12H2,(H,22,28). The zero-order valence-electron chi connectivity index (χ0n) is 17.5. The van der Waals surface area contributed by atoms with E-state index in [1.807, 2.05) is 12.1 Å². The largest absolute Gasteiger partial charge is 0.454 e. The summed E-state index contributed by atoms with van der Waals surface area (Å²) in [5.74, 6) is 1.93. The number of tetrazole rings is 1. The summed E-state index contributed by atoms with van der Waals surface area (Å²) in [6.07, 6.45) is 2.10. The van der Waals surface area contributed by atoms with Crippen molar-refractivity contribution in [2.24, 2.45) is 0 Å². The quantitative estimate of drug-likeness (QED) is 0.616. The van der Waals surface area contributed by atoms with Crippen molar-refractivity contribution in [1.82, 2.24) is 30.1 Å². The van der Waals surface area contributed by atoms with Gasteiger partial charge in [-0.2, -0.15) is 0 Å². The van der Waals surface area contributed by atoms with Crippen LogP contribution in [0, 0.1) is 0 Å². The Labute approximate surface area is 183 Å². The van der Waals surface area contributed by atoms with Gasteiger partial charge in [-0.15, -0.1) is 5.10 Å². The summed E-state index contributed by atoms with van der Waals surface area (Å²) >= 11 is 0. The highest BCUT2D eigenvalue weighted by Gasteiger charge is 2.32. The highest BCUT2D eigenvalue weighted by Crippen LogP contribution is 2.36. The zero-order valence-corrected chi connectivity index (χ0v) is 17.5. The molecule has 11 nitrogen and oxygen atoms in total. The van der Waals surface area contributed by atoms with Crippen molar-refractivity contribution < 1.29 is 18.9 Å². The number of aromatic amines is 1. The number of hydrogen-bond donors (Lipinski definition) is 1. The fourth-order valence-electron chi connectivity index (χ4n) is 4.67. The van der Waals surface area contributed by atoms with Crippen LogP contribution in [0.3, 0.4) is 0 Å². The second-order valence-electron chi connectivity index (χ2n) is 8.25. The Morgan fingerprint density at radius 1 is 1.12 bits per heavy atom. The van der Waals surface area contributed by atoms with Gasteiger partial charge in [-0.3, -0.25) is 9.69 Å². The molecular weight excluding hydrogens is 416 g/mol. The number of hydrogen-bond acceptors (Lipinski definition) is 9. The second-order valence-corrected chi connectivity index (χ2v) is 8.25. The van der Waals surface area contributed by atoms with Crippen molar-refractivity contribution in [2.75, 3.05) is 39.7 Å². The molecule has 3 aliphatic heterocycles. The van der Waals surface area contributed by atoms with Crippen molar-refractivity contribution in [2.45, 2.75) is 31.5 Å². The van der Waals surface area contributed by atoms with Gasteiger partial charge in [0.15, 0.2) is 17.3 Å². The SMILES string of the molecule is O=c1[nH]c2cc3c(cc2cc1C(c1nnnn1CC1CCCO1)N1CCOCC1)OCO3. The van der Waals surface area contributed by atoms with Gasteiger partial charge in [0, 0.05) is 36.7 Å². The number of rotatable bonds is 5. The predicted molar refractivity (Wildman–Crippen MR) is 112 cm³/mol. The van der Waals surface area contributed by atoms with Gasteiger partial charge in [-0.05, 0) is 35.4 Å². The Balaban J connectivity index is 1.45. The number of fused-ring (bicyclic) bond motifs is 2. The third kappa shape index (κ3) is 3.51. The highest BCUT2D eigenvalue weighted by molar-refractivity contribution is 5.83. The first-order valence-electron chi connectivity index (χ1n) is 10.9. The maximum atomic E-state index is 13.3. The number of benzene rings is 1. The summed E-state index contributed by atoms with van der Waals surface area (Å²) in [7, 11) is 0. The van der Waals surface area contributed by atoms with Gasteiger partial charge < -0.3 is 23.9 Å². The number of aromatic nitrogens is 5. The van der Waals surface area contributed by atoms with E-state index in [1.54, 1.807) is 10.7 Å². The molecule has 2 aromatic heterocycles. The first-order chi connectivity index (χ1) is 15.8. The molecule has 2 fully saturated rings. The van der Waals surface area contributed by atoms with E-state index in [1.165, 1.54) is 0 Å². The molecule has 2 unspecified atom stereocenters. The molecule has 0 saturated carbocycles. The van der Waals surface area contributed by atoms with Crippen molar-refractivity contribution in [1.29, 1.82) is 0 Å². The van der Waals surface area contributed by atoms with Gasteiger partial charge in [0.2, 0.25) is 6.79 Å². The Kier molecular flexibility index (Phi) is 5.01. The summed E-state index contributed by atoms with van der Waals surface area (Å²) in [6.45, 7) is 4.04. The molecule has 2 atom stereocenters. The molecule has 0 radical (unpaired) electrons. The Morgan fingerprint density at radius 3 is 2.78 bits per heavy atom. The van der Waals surface area contributed by atoms with Crippen molar-refractivity contribution in [3.63, 3.8) is 0 Å². The average molecular weight is 440 g/mol. The molecule has 2 saturated heterocycles. The number of nitrogens with one attached hydrogen (secondary N) is 1. The lowest BCUT2D eigenvalue weighted by Crippen LogP contribution is -2.42. The van der Waals surface area contributed by atoms with E-state index in [0.29, 0.717) is 61.3 Å². The number of morpholine rings is 1. The van der Waals surface area contributed by atoms with Gasteiger partial charge in [0.25, 0.3) is 5.56 Å². The van der Waals surface area contributed by atoms with E-state index in [2.05, 4.69) is 25.4 Å². The second kappa shape index (κ2) is 8.15. The molecular formula is C21H24N6O5. The average Bonchev–Trinajstić information content (AvgIpc) is 3.57. The normalized spacial score (nSPS) is 21.9. The highest BCUT2D eigenvalue weighted by atomic mass is 16.7. The third-order valence-corrected chi connectivity index (χ3v) is 6.28. The van der Waals surface area contributed by atoms with E-state index < -0.39 is 6.04 Å². The monoisotopic (exact) mass is 440 g/mol. The fraction of sp³-hybridized carbons (Fsp3) is 0.524. The van der Waals surface area contributed by atoms with Crippen LogP contribution in [-0.4, -0.2) is 75.9 Å². The van der Waals surface area contributed by atoms with E-state index in [0.717, 1.165) is 24.8 Å². The van der Waals surface area contributed by atoms with Gasteiger partial charge in [-0.1, -0.05) is 0 Å². The molecule has 1 N–H and O–H groups in total. The molecule has 32 heavy (non-hydrogen) atoms. The van der Waals surface area contributed by atoms with E-state index in [4.69, 9.17) is 18.9 Å². The van der Waals surface area contributed by atoms with Crippen LogP contribution in [0.2, 0.25) is 0 Å². The first-order valence-corrected chi connectivity index (χ1v) is 10.9. The number of nitrogens with zero attached hydrogens (tertiary/aromatic N) is 5. The zero-order chi connectivity index (χ0) is 21.5. The number of pyridine rings is 1. The van der Waals surface area contributed by atoms with Crippen molar-refractivity contribution >= 4 is 10.9 Å². The molecule has 0 amide bonds. The molecule has 0 bridgehead atoms. The maximum absolute atomic E-state index is 13.3. The lowest BCUT2D eigenvalue weighted by atomic mass is 10.0. The van der Waals surface area contributed by atoms with Crippen molar-refractivity contribution in [3.8, 4) is 11.5 Å². The third-order valence-electron chi connectivity index (χ3n) is 6.28. The minimum absolute atomic E-state index is 0.0808. The van der Waals surface area contributed by atoms with Crippen LogP contribution in [0.4, 0.5) is 0 Å². The lowest BCUT2D eigenvalue weighted by Gasteiger charge is -2.33. The predicted octanol–water partition coefficient (Wildman–Crippen LogP) is 0.844. The summed E-state index contributed by atoms with van der Waals surface area (Å²) in [5, 5.41) is 13.4. The summed E-state index contributed by atoms with van der Waals surface area (Å²) in [4.78, 5) is 18.5. The smallest absolute Gasteiger partial charge is 0.253 e. The molecule has 11 heteroatoms. The molecule has 1 aromatic carbocycles. The lowest BCUT2D eigenvalue weighted by molar-refractivity contribution is 0.0205. The fourth-order valence-corrected chi connectivity index (χ4v) is 4.67. The Morgan fingerprint density at radius 2 is 1.97 bits per heavy atom.